The summed E-state index contributed by atoms with van der Waals surface area (Å²) in [5, 5.41) is 0. The van der Waals surface area contributed by atoms with E-state index in [0.29, 0.717) is 0 Å². The van der Waals surface area contributed by atoms with Crippen LogP contribution < -0.4 is 0 Å². The molecule has 0 aromatic heterocycles. The highest BCUT2D eigenvalue weighted by molar-refractivity contribution is 7.81. The van der Waals surface area contributed by atoms with Crippen molar-refractivity contribution >= 4 is 53.4 Å². The van der Waals surface area contributed by atoms with Crippen LogP contribution in [0.25, 0.3) is 0 Å². The Balaban J connectivity index is 3.60. The molecule has 0 rings (SSSR count). The van der Waals surface area contributed by atoms with Gasteiger partial charge in [-0.2, -0.15) is 12.6 Å². The van der Waals surface area contributed by atoms with Crippen LogP contribution in [0.15, 0.2) is 0 Å². The fraction of sp³-hybridized carbons (Fsp3) is 0.667. The van der Waals surface area contributed by atoms with Gasteiger partial charge in [-0.25, -0.2) is 0 Å². The first-order valence-electron chi connectivity index (χ1n) is 1.85. The molecular formula is C3H3Cl3O2S. The van der Waals surface area contributed by atoms with Crippen molar-refractivity contribution in [2.24, 2.45) is 0 Å². The Morgan fingerprint density at radius 1 is 1.56 bits per heavy atom. The zero-order valence-corrected chi connectivity index (χ0v) is 7.27. The lowest BCUT2D eigenvalue weighted by Crippen LogP contribution is -2.16. The summed E-state index contributed by atoms with van der Waals surface area (Å²) in [5.74, 6) is -0.771. The SMILES string of the molecule is O=C(CS)OC(Cl)(Cl)Cl. The topological polar surface area (TPSA) is 26.3 Å². The fourth-order valence-electron chi connectivity index (χ4n) is 0.161. The number of carbonyl (C=O) groups is 1. The Hall–Kier alpha value is 0.690. The number of thiol groups is 1. The van der Waals surface area contributed by atoms with Gasteiger partial charge in [0.2, 0.25) is 0 Å². The second-order valence-corrected chi connectivity index (χ2v) is 3.57. The molecule has 0 N–H and O–H groups in total. The maximum absolute atomic E-state index is 10.3. The average Bonchev–Trinajstić information content (AvgIpc) is 1.62. The minimum absolute atomic E-state index is 0.103. The van der Waals surface area contributed by atoms with Gasteiger partial charge in [-0.1, -0.05) is 0 Å². The Labute approximate surface area is 72.8 Å². The normalized spacial score (nSPS) is 11.1. The molecule has 0 spiro atoms. The number of hydrogen-bond donors (Lipinski definition) is 1. The number of halogens is 3. The highest BCUT2D eigenvalue weighted by Crippen LogP contribution is 2.27. The van der Waals surface area contributed by atoms with E-state index in [1.54, 1.807) is 0 Å². The lowest BCUT2D eigenvalue weighted by Gasteiger charge is -2.09. The third-order valence-electron chi connectivity index (χ3n) is 0.359. The van der Waals surface area contributed by atoms with Gasteiger partial charge in [0.05, 0.1) is 5.75 Å². The van der Waals surface area contributed by atoms with E-state index in [0.717, 1.165) is 0 Å². The van der Waals surface area contributed by atoms with E-state index in [-0.39, 0.29) is 5.75 Å². The fourth-order valence-corrected chi connectivity index (χ4v) is 0.484. The van der Waals surface area contributed by atoms with Crippen LogP contribution in [0.3, 0.4) is 0 Å². The quantitative estimate of drug-likeness (QED) is 0.405. The van der Waals surface area contributed by atoms with Crippen LogP contribution in [0, 0.1) is 0 Å². The molecule has 0 radical (unpaired) electrons. The van der Waals surface area contributed by atoms with Crippen molar-refractivity contribution in [3.05, 3.63) is 0 Å². The van der Waals surface area contributed by atoms with Crippen LogP contribution in [0.5, 0.6) is 0 Å². The summed E-state index contributed by atoms with van der Waals surface area (Å²) in [4.78, 5) is 10.3. The minimum atomic E-state index is -1.96. The smallest absolute Gasteiger partial charge is 0.340 e. The molecule has 2 nitrogen and oxygen atoms in total. The Bertz CT molecular complexity index is 110. The second-order valence-electron chi connectivity index (χ2n) is 1.08. The summed E-state index contributed by atoms with van der Waals surface area (Å²) in [5.41, 5.74) is 0. The Morgan fingerprint density at radius 3 is 2.11 bits per heavy atom. The highest BCUT2D eigenvalue weighted by atomic mass is 35.6. The maximum Gasteiger partial charge on any atom is 0.340 e. The van der Waals surface area contributed by atoms with E-state index >= 15 is 0 Å². The van der Waals surface area contributed by atoms with E-state index in [4.69, 9.17) is 34.8 Å². The van der Waals surface area contributed by atoms with Crippen molar-refractivity contribution in [1.29, 1.82) is 0 Å². The van der Waals surface area contributed by atoms with Gasteiger partial charge in [0.15, 0.2) is 0 Å². The minimum Gasteiger partial charge on any atom is -0.414 e. The molecule has 0 aromatic carbocycles. The summed E-state index contributed by atoms with van der Waals surface area (Å²) in [7, 11) is 0. The van der Waals surface area contributed by atoms with Gasteiger partial charge in [-0.15, -0.1) is 0 Å². The number of ether oxygens (including phenoxy) is 1. The van der Waals surface area contributed by atoms with Gasteiger partial charge in [-0.3, -0.25) is 4.79 Å². The molecular weight excluding hydrogens is 206 g/mol. The van der Waals surface area contributed by atoms with Crippen LogP contribution >= 0.6 is 47.4 Å². The predicted molar refractivity (Wildman–Crippen MR) is 40.2 cm³/mol. The standard InChI is InChI=1S/C3H3Cl3O2S/c4-3(5,6)8-2(7)1-9/h9H,1H2. The Morgan fingerprint density at radius 2 is 2.00 bits per heavy atom. The van der Waals surface area contributed by atoms with Gasteiger partial charge in [-0.05, 0) is 34.8 Å². The maximum atomic E-state index is 10.3. The molecule has 0 aromatic rings. The average molecular weight is 209 g/mol. The van der Waals surface area contributed by atoms with Gasteiger partial charge in [0.25, 0.3) is 0 Å². The first-order chi connectivity index (χ1) is 3.95. The van der Waals surface area contributed by atoms with Crippen LogP contribution in [0.4, 0.5) is 0 Å². The molecule has 0 unspecified atom stereocenters. The molecule has 0 aliphatic carbocycles. The number of carbonyl (C=O) groups excluding carboxylic acids is 1. The van der Waals surface area contributed by atoms with E-state index in [2.05, 4.69) is 17.4 Å². The van der Waals surface area contributed by atoms with Crippen molar-refractivity contribution in [3.8, 4) is 0 Å². The summed E-state index contributed by atoms with van der Waals surface area (Å²) < 4.78 is 2.21. The number of esters is 1. The summed E-state index contributed by atoms with van der Waals surface area (Å²) >= 11 is 18.8. The lowest BCUT2D eigenvalue weighted by atomic mass is 10.8. The molecule has 0 atom stereocenters. The molecule has 0 saturated heterocycles. The molecule has 0 amide bonds. The molecule has 0 heterocycles. The molecule has 0 fully saturated rings. The van der Waals surface area contributed by atoms with Crippen molar-refractivity contribution in [2.45, 2.75) is 3.98 Å². The van der Waals surface area contributed by atoms with Gasteiger partial charge in [0, 0.05) is 0 Å². The number of rotatable bonds is 1. The number of hydrogen-bond acceptors (Lipinski definition) is 3. The molecule has 9 heavy (non-hydrogen) atoms. The van der Waals surface area contributed by atoms with E-state index in [9.17, 15) is 4.79 Å². The zero-order chi connectivity index (χ0) is 7.49. The molecule has 0 bridgehead atoms. The highest BCUT2D eigenvalue weighted by Gasteiger charge is 2.23. The van der Waals surface area contributed by atoms with Crippen molar-refractivity contribution in [1.82, 2.24) is 0 Å². The predicted octanol–water partition coefficient (Wildman–Crippen LogP) is 1.79. The summed E-state index contributed by atoms with van der Waals surface area (Å²) in [6.45, 7) is 0. The largest absolute Gasteiger partial charge is 0.414 e. The van der Waals surface area contributed by atoms with Gasteiger partial charge in [0.1, 0.15) is 0 Å². The summed E-state index contributed by atoms with van der Waals surface area (Å²) in [6, 6.07) is 0. The van der Waals surface area contributed by atoms with Crippen LogP contribution in [0.2, 0.25) is 0 Å². The van der Waals surface area contributed by atoms with E-state index < -0.39 is 9.95 Å². The van der Waals surface area contributed by atoms with E-state index in [1.807, 2.05) is 0 Å². The molecule has 0 aliphatic rings. The van der Waals surface area contributed by atoms with E-state index in [1.165, 1.54) is 0 Å². The van der Waals surface area contributed by atoms with Gasteiger partial charge >= 0.3 is 9.95 Å². The lowest BCUT2D eigenvalue weighted by molar-refractivity contribution is -0.141. The third-order valence-corrected chi connectivity index (χ3v) is 0.848. The van der Waals surface area contributed by atoms with Crippen LogP contribution in [0.1, 0.15) is 0 Å². The first kappa shape index (κ1) is 9.69. The van der Waals surface area contributed by atoms with Gasteiger partial charge < -0.3 is 4.74 Å². The molecule has 0 aliphatic heterocycles. The Kier molecular flexibility index (Phi) is 4.05. The monoisotopic (exact) mass is 208 g/mol. The second kappa shape index (κ2) is 3.76. The summed E-state index contributed by atoms with van der Waals surface area (Å²) in [6.07, 6.45) is 0. The third kappa shape index (κ3) is 6.58. The molecule has 54 valence electrons. The first-order valence-corrected chi connectivity index (χ1v) is 3.62. The van der Waals surface area contributed by atoms with Crippen LogP contribution in [-0.4, -0.2) is 15.7 Å². The van der Waals surface area contributed by atoms with Crippen molar-refractivity contribution < 1.29 is 9.53 Å². The van der Waals surface area contributed by atoms with Crippen molar-refractivity contribution in [2.75, 3.05) is 5.75 Å². The molecule has 0 saturated carbocycles. The van der Waals surface area contributed by atoms with Crippen LogP contribution in [-0.2, 0) is 9.53 Å². The number of alkyl halides is 3. The van der Waals surface area contributed by atoms with Crippen molar-refractivity contribution in [3.63, 3.8) is 0 Å². The zero-order valence-electron chi connectivity index (χ0n) is 4.10. The molecule has 6 heteroatoms.